The van der Waals surface area contributed by atoms with Crippen LogP contribution < -0.4 is 21.1 Å². The first kappa shape index (κ1) is 15.5. The zero-order valence-electron chi connectivity index (χ0n) is 12.7. The minimum absolute atomic E-state index is 0.0171. The Labute approximate surface area is 137 Å². The summed E-state index contributed by atoms with van der Waals surface area (Å²) in [6.45, 7) is -0.0171. The Morgan fingerprint density at radius 1 is 1.21 bits per heavy atom. The van der Waals surface area contributed by atoms with Crippen molar-refractivity contribution in [3.8, 4) is 5.75 Å². The predicted molar refractivity (Wildman–Crippen MR) is 87.9 cm³/mol. The van der Waals surface area contributed by atoms with Crippen molar-refractivity contribution in [3.63, 3.8) is 0 Å². The van der Waals surface area contributed by atoms with E-state index < -0.39 is 5.91 Å². The number of ether oxygens (including phenoxy) is 1. The largest absolute Gasteiger partial charge is 0.482 e. The zero-order chi connectivity index (χ0) is 17.1. The van der Waals surface area contributed by atoms with E-state index in [-0.39, 0.29) is 30.4 Å². The predicted octanol–water partition coefficient (Wildman–Crippen LogP) is 1.30. The molecule has 3 amide bonds. The van der Waals surface area contributed by atoms with Crippen LogP contribution in [-0.2, 0) is 16.0 Å². The fourth-order valence-corrected chi connectivity index (χ4v) is 2.43. The quantitative estimate of drug-likeness (QED) is 0.786. The maximum absolute atomic E-state index is 12.2. The standard InChI is InChI=1S/C17H15N3O4/c18-17(23)11-3-1-2-4-12(11)19-15(21)8-10-5-6-14-13(7-10)20-16(22)9-24-14/h1-7H,8-9H2,(H2,18,23)(H,19,21)(H,20,22). The normalized spacial score (nSPS) is 12.6. The summed E-state index contributed by atoms with van der Waals surface area (Å²) >= 11 is 0. The summed E-state index contributed by atoms with van der Waals surface area (Å²) in [5.41, 5.74) is 7.14. The molecule has 0 saturated carbocycles. The number of amides is 3. The second-order valence-corrected chi connectivity index (χ2v) is 5.30. The number of fused-ring (bicyclic) bond motifs is 1. The molecule has 0 fully saturated rings. The number of hydrogen-bond acceptors (Lipinski definition) is 4. The molecule has 0 spiro atoms. The molecular formula is C17H15N3O4. The van der Waals surface area contributed by atoms with Crippen LogP contribution in [0.25, 0.3) is 0 Å². The van der Waals surface area contributed by atoms with Gasteiger partial charge in [-0.2, -0.15) is 0 Å². The molecule has 1 aliphatic heterocycles. The van der Waals surface area contributed by atoms with Crippen LogP contribution in [0.3, 0.4) is 0 Å². The van der Waals surface area contributed by atoms with Crippen molar-refractivity contribution in [2.45, 2.75) is 6.42 Å². The maximum atomic E-state index is 12.2. The van der Waals surface area contributed by atoms with Gasteiger partial charge in [0.25, 0.3) is 11.8 Å². The molecule has 0 radical (unpaired) electrons. The van der Waals surface area contributed by atoms with Crippen molar-refractivity contribution in [3.05, 3.63) is 53.6 Å². The van der Waals surface area contributed by atoms with Gasteiger partial charge in [-0.05, 0) is 29.8 Å². The second kappa shape index (κ2) is 6.41. The van der Waals surface area contributed by atoms with Gasteiger partial charge in [-0.1, -0.05) is 18.2 Å². The Bertz CT molecular complexity index is 832. The first-order chi connectivity index (χ1) is 11.5. The summed E-state index contributed by atoms with van der Waals surface area (Å²) in [5.74, 6) is -0.580. The van der Waals surface area contributed by atoms with Crippen LogP contribution in [0.2, 0.25) is 0 Å². The van der Waals surface area contributed by atoms with Crippen LogP contribution in [0.15, 0.2) is 42.5 Å². The molecule has 0 atom stereocenters. The molecule has 0 saturated heterocycles. The number of primary amides is 1. The van der Waals surface area contributed by atoms with Gasteiger partial charge in [0.1, 0.15) is 5.75 Å². The number of nitrogens with two attached hydrogens (primary N) is 1. The van der Waals surface area contributed by atoms with Gasteiger partial charge in [-0.15, -0.1) is 0 Å². The second-order valence-electron chi connectivity index (χ2n) is 5.30. The molecule has 0 aromatic heterocycles. The van der Waals surface area contributed by atoms with Crippen molar-refractivity contribution in [1.82, 2.24) is 0 Å². The molecule has 7 heteroatoms. The van der Waals surface area contributed by atoms with Crippen LogP contribution in [0.5, 0.6) is 5.75 Å². The minimum atomic E-state index is -0.612. The van der Waals surface area contributed by atoms with E-state index in [1.807, 2.05) is 0 Å². The highest BCUT2D eigenvalue weighted by molar-refractivity contribution is 6.03. The molecule has 0 aliphatic carbocycles. The van der Waals surface area contributed by atoms with Crippen molar-refractivity contribution in [1.29, 1.82) is 0 Å². The SMILES string of the molecule is NC(=O)c1ccccc1NC(=O)Cc1ccc2c(c1)NC(=O)CO2. The third-order valence-corrected chi connectivity index (χ3v) is 3.51. The summed E-state index contributed by atoms with van der Waals surface area (Å²) in [6, 6.07) is 11.7. The van der Waals surface area contributed by atoms with Crippen molar-refractivity contribution < 1.29 is 19.1 Å². The van der Waals surface area contributed by atoms with Gasteiger partial charge in [0.15, 0.2) is 6.61 Å². The molecule has 122 valence electrons. The van der Waals surface area contributed by atoms with Crippen LogP contribution in [0.4, 0.5) is 11.4 Å². The number of carbonyl (C=O) groups is 3. The van der Waals surface area contributed by atoms with E-state index in [0.717, 1.165) is 0 Å². The third-order valence-electron chi connectivity index (χ3n) is 3.51. The summed E-state index contributed by atoms with van der Waals surface area (Å²) in [5, 5.41) is 5.36. The lowest BCUT2D eigenvalue weighted by Crippen LogP contribution is -2.25. The topological polar surface area (TPSA) is 111 Å². The molecule has 4 N–H and O–H groups in total. The number of nitrogens with one attached hydrogen (secondary N) is 2. The Morgan fingerprint density at radius 3 is 2.79 bits per heavy atom. The van der Waals surface area contributed by atoms with Gasteiger partial charge in [0, 0.05) is 0 Å². The average Bonchev–Trinajstić information content (AvgIpc) is 2.54. The molecular weight excluding hydrogens is 310 g/mol. The Kier molecular flexibility index (Phi) is 4.15. The van der Waals surface area contributed by atoms with Gasteiger partial charge < -0.3 is 21.1 Å². The Hall–Kier alpha value is -3.35. The molecule has 7 nitrogen and oxygen atoms in total. The van der Waals surface area contributed by atoms with E-state index in [2.05, 4.69) is 10.6 Å². The number of carbonyl (C=O) groups excluding carboxylic acids is 3. The highest BCUT2D eigenvalue weighted by Gasteiger charge is 2.17. The fourth-order valence-electron chi connectivity index (χ4n) is 2.43. The molecule has 24 heavy (non-hydrogen) atoms. The number of hydrogen-bond donors (Lipinski definition) is 3. The highest BCUT2D eigenvalue weighted by Crippen LogP contribution is 2.28. The highest BCUT2D eigenvalue weighted by atomic mass is 16.5. The van der Waals surface area contributed by atoms with E-state index in [1.165, 1.54) is 0 Å². The van der Waals surface area contributed by atoms with E-state index in [9.17, 15) is 14.4 Å². The monoisotopic (exact) mass is 325 g/mol. The zero-order valence-corrected chi connectivity index (χ0v) is 12.7. The van der Waals surface area contributed by atoms with Gasteiger partial charge >= 0.3 is 0 Å². The third kappa shape index (κ3) is 3.35. The molecule has 2 aromatic rings. The molecule has 2 aromatic carbocycles. The number of benzene rings is 2. The molecule has 0 unspecified atom stereocenters. The van der Waals surface area contributed by atoms with Crippen LogP contribution in [0.1, 0.15) is 15.9 Å². The average molecular weight is 325 g/mol. The van der Waals surface area contributed by atoms with Crippen molar-refractivity contribution >= 4 is 29.1 Å². The number of rotatable bonds is 4. The number of para-hydroxylation sites is 1. The van der Waals surface area contributed by atoms with E-state index >= 15 is 0 Å². The van der Waals surface area contributed by atoms with Crippen molar-refractivity contribution in [2.75, 3.05) is 17.2 Å². The van der Waals surface area contributed by atoms with Crippen LogP contribution >= 0.6 is 0 Å². The fraction of sp³-hybridized carbons (Fsp3) is 0.118. The van der Waals surface area contributed by atoms with Crippen molar-refractivity contribution in [2.24, 2.45) is 5.73 Å². The van der Waals surface area contributed by atoms with E-state index in [1.54, 1.807) is 42.5 Å². The smallest absolute Gasteiger partial charge is 0.262 e. The molecule has 1 heterocycles. The van der Waals surface area contributed by atoms with Gasteiger partial charge in [0.2, 0.25) is 5.91 Å². The van der Waals surface area contributed by atoms with Gasteiger partial charge in [-0.25, -0.2) is 0 Å². The first-order valence-electron chi connectivity index (χ1n) is 7.27. The summed E-state index contributed by atoms with van der Waals surface area (Å²) < 4.78 is 5.27. The van der Waals surface area contributed by atoms with Crippen LogP contribution in [0, 0.1) is 0 Å². The lowest BCUT2D eigenvalue weighted by atomic mass is 10.1. The molecule has 1 aliphatic rings. The minimum Gasteiger partial charge on any atom is -0.482 e. The summed E-state index contributed by atoms with van der Waals surface area (Å²) in [7, 11) is 0. The summed E-state index contributed by atoms with van der Waals surface area (Å²) in [6.07, 6.45) is 0.0796. The summed E-state index contributed by atoms with van der Waals surface area (Å²) in [4.78, 5) is 34.9. The van der Waals surface area contributed by atoms with E-state index in [0.29, 0.717) is 22.7 Å². The maximum Gasteiger partial charge on any atom is 0.262 e. The number of anilines is 2. The lowest BCUT2D eigenvalue weighted by Gasteiger charge is -2.18. The Morgan fingerprint density at radius 2 is 2.00 bits per heavy atom. The van der Waals surface area contributed by atoms with E-state index in [4.69, 9.17) is 10.5 Å². The van der Waals surface area contributed by atoms with Crippen LogP contribution in [-0.4, -0.2) is 24.3 Å². The molecule has 0 bridgehead atoms. The van der Waals surface area contributed by atoms with Gasteiger partial charge in [-0.3, -0.25) is 14.4 Å². The Balaban J connectivity index is 1.73. The first-order valence-corrected chi connectivity index (χ1v) is 7.27. The molecule has 3 rings (SSSR count). The van der Waals surface area contributed by atoms with Gasteiger partial charge in [0.05, 0.1) is 23.4 Å². The lowest BCUT2D eigenvalue weighted by molar-refractivity contribution is -0.118.